The smallest absolute Gasteiger partial charge is 0.233 e. The molecule has 124 valence electrons. The zero-order valence-corrected chi connectivity index (χ0v) is 13.7. The summed E-state index contributed by atoms with van der Waals surface area (Å²) >= 11 is 0. The zero-order chi connectivity index (χ0) is 17.3. The summed E-state index contributed by atoms with van der Waals surface area (Å²) in [4.78, 5) is 8.03. The van der Waals surface area contributed by atoms with Gasteiger partial charge < -0.3 is 25.4 Å². The molecule has 0 spiro atoms. The van der Waals surface area contributed by atoms with E-state index in [0.29, 0.717) is 11.1 Å². The lowest BCUT2D eigenvalue weighted by Gasteiger charge is -2.11. The van der Waals surface area contributed by atoms with Crippen molar-refractivity contribution in [2.45, 2.75) is 6.92 Å². The van der Waals surface area contributed by atoms with E-state index in [1.54, 1.807) is 20.5 Å². The van der Waals surface area contributed by atoms with Crippen LogP contribution in [0.15, 0.2) is 28.9 Å². The number of nitrogens with zero attached hydrogens (tertiary/aromatic N) is 2. The maximum atomic E-state index is 5.95. The summed E-state index contributed by atoms with van der Waals surface area (Å²) in [6.45, 7) is 1.96. The van der Waals surface area contributed by atoms with Gasteiger partial charge >= 0.3 is 0 Å². The first-order valence-corrected chi connectivity index (χ1v) is 7.24. The van der Waals surface area contributed by atoms with Crippen LogP contribution in [0.1, 0.15) is 18.1 Å². The second-order valence-electron chi connectivity index (χ2n) is 5.23. The number of fused-ring (bicyclic) bond motifs is 1. The number of furan rings is 1. The quantitative estimate of drug-likeness (QED) is 0.758. The predicted octanol–water partition coefficient (Wildman–Crippen LogP) is 2.96. The summed E-state index contributed by atoms with van der Waals surface area (Å²) < 4.78 is 16.2. The van der Waals surface area contributed by atoms with Gasteiger partial charge in [-0.25, -0.2) is 0 Å². The van der Waals surface area contributed by atoms with Crippen molar-refractivity contribution in [1.82, 2.24) is 9.97 Å². The number of anilines is 2. The molecule has 1 aromatic carbocycles. The minimum atomic E-state index is 0.0797. The van der Waals surface area contributed by atoms with E-state index in [2.05, 4.69) is 9.97 Å². The minimum Gasteiger partial charge on any atom is -0.497 e. The molecular weight excluding hydrogens is 308 g/mol. The molecule has 7 nitrogen and oxygen atoms in total. The standard InChI is InChI=1S/C17H18N4O3/c1-9(12-7-11(22-2)4-5-13(12)23-3)6-10-8-24-16-14(10)15(18)20-17(19)21-16/h4-8H,1-3H3,(H4,18,19,20,21)/b9-6-. The number of hydrogen-bond acceptors (Lipinski definition) is 7. The number of benzene rings is 1. The van der Waals surface area contributed by atoms with Crippen LogP contribution < -0.4 is 20.9 Å². The second-order valence-corrected chi connectivity index (χ2v) is 5.23. The van der Waals surface area contributed by atoms with E-state index in [4.69, 9.17) is 25.4 Å². The summed E-state index contributed by atoms with van der Waals surface area (Å²) in [6.07, 6.45) is 3.50. The average Bonchev–Trinajstić information content (AvgIpc) is 2.96. The highest BCUT2D eigenvalue weighted by Gasteiger charge is 2.13. The van der Waals surface area contributed by atoms with Gasteiger partial charge in [0.05, 0.1) is 19.6 Å². The van der Waals surface area contributed by atoms with E-state index < -0.39 is 0 Å². The molecule has 0 aliphatic rings. The molecule has 0 atom stereocenters. The van der Waals surface area contributed by atoms with Crippen molar-refractivity contribution in [3.8, 4) is 11.5 Å². The van der Waals surface area contributed by atoms with Crippen LogP contribution in [0.5, 0.6) is 11.5 Å². The van der Waals surface area contributed by atoms with Crippen LogP contribution in [-0.4, -0.2) is 24.2 Å². The Balaban J connectivity index is 2.12. The van der Waals surface area contributed by atoms with Crippen LogP contribution in [0.4, 0.5) is 11.8 Å². The minimum absolute atomic E-state index is 0.0797. The molecular formula is C17H18N4O3. The van der Waals surface area contributed by atoms with Gasteiger partial charge in [-0.3, -0.25) is 0 Å². The second kappa shape index (κ2) is 6.11. The molecule has 3 rings (SSSR count). The number of aromatic nitrogens is 2. The molecule has 0 bridgehead atoms. The molecule has 24 heavy (non-hydrogen) atoms. The van der Waals surface area contributed by atoms with E-state index in [0.717, 1.165) is 28.2 Å². The third kappa shape index (κ3) is 2.71. The fourth-order valence-corrected chi connectivity index (χ4v) is 2.55. The van der Waals surface area contributed by atoms with Crippen LogP contribution in [0, 0.1) is 0 Å². The summed E-state index contributed by atoms with van der Waals surface area (Å²) in [7, 11) is 3.25. The number of rotatable bonds is 4. The Morgan fingerprint density at radius 1 is 1.17 bits per heavy atom. The lowest BCUT2D eigenvalue weighted by molar-refractivity contribution is 0.402. The first-order valence-electron chi connectivity index (χ1n) is 7.24. The molecule has 2 heterocycles. The van der Waals surface area contributed by atoms with Crippen molar-refractivity contribution < 1.29 is 13.9 Å². The summed E-state index contributed by atoms with van der Waals surface area (Å²) in [6, 6.07) is 5.61. The Labute approximate surface area is 138 Å². The average molecular weight is 326 g/mol. The fourth-order valence-electron chi connectivity index (χ4n) is 2.55. The number of nitrogen functional groups attached to an aromatic ring is 2. The topological polar surface area (TPSA) is 109 Å². The number of ether oxygens (including phenoxy) is 2. The largest absolute Gasteiger partial charge is 0.497 e. The maximum Gasteiger partial charge on any atom is 0.233 e. The number of allylic oxidation sites excluding steroid dienone is 1. The SMILES string of the molecule is COc1ccc(OC)c(/C(C)=C\c2coc3nc(N)nc(N)c23)c1. The zero-order valence-electron chi connectivity index (χ0n) is 13.7. The van der Waals surface area contributed by atoms with Gasteiger partial charge in [-0.2, -0.15) is 9.97 Å². The molecule has 3 aromatic rings. The highest BCUT2D eigenvalue weighted by Crippen LogP contribution is 2.33. The van der Waals surface area contributed by atoms with Crippen molar-refractivity contribution in [2.24, 2.45) is 0 Å². The van der Waals surface area contributed by atoms with Crippen molar-refractivity contribution >= 4 is 34.5 Å². The Bertz CT molecular complexity index is 931. The van der Waals surface area contributed by atoms with Crippen LogP contribution in [0.2, 0.25) is 0 Å². The molecule has 0 amide bonds. The first kappa shape index (κ1) is 15.7. The van der Waals surface area contributed by atoms with Crippen LogP contribution in [-0.2, 0) is 0 Å². The summed E-state index contributed by atoms with van der Waals surface area (Å²) in [5, 5.41) is 0.630. The van der Waals surface area contributed by atoms with E-state index in [1.165, 1.54) is 0 Å². The van der Waals surface area contributed by atoms with E-state index in [-0.39, 0.29) is 11.8 Å². The third-order valence-electron chi connectivity index (χ3n) is 3.71. The van der Waals surface area contributed by atoms with Crippen molar-refractivity contribution in [3.63, 3.8) is 0 Å². The number of methoxy groups -OCH3 is 2. The monoisotopic (exact) mass is 326 g/mol. The lowest BCUT2D eigenvalue weighted by atomic mass is 10.0. The first-order chi connectivity index (χ1) is 11.5. The Kier molecular flexibility index (Phi) is 3.99. The molecule has 0 aliphatic carbocycles. The van der Waals surface area contributed by atoms with E-state index in [9.17, 15) is 0 Å². The van der Waals surface area contributed by atoms with Gasteiger partial charge in [0, 0.05) is 11.1 Å². The molecule has 7 heteroatoms. The van der Waals surface area contributed by atoms with Crippen LogP contribution in [0.25, 0.3) is 22.7 Å². The van der Waals surface area contributed by atoms with Gasteiger partial charge in [0.2, 0.25) is 11.7 Å². The van der Waals surface area contributed by atoms with Gasteiger partial charge in [-0.15, -0.1) is 0 Å². The van der Waals surface area contributed by atoms with Crippen LogP contribution in [0.3, 0.4) is 0 Å². The molecule has 0 saturated carbocycles. The van der Waals surface area contributed by atoms with Gasteiger partial charge in [0.25, 0.3) is 0 Å². The lowest BCUT2D eigenvalue weighted by Crippen LogP contribution is -1.99. The third-order valence-corrected chi connectivity index (χ3v) is 3.71. The Morgan fingerprint density at radius 2 is 1.96 bits per heavy atom. The summed E-state index contributed by atoms with van der Waals surface area (Å²) in [5.41, 5.74) is 14.5. The van der Waals surface area contributed by atoms with Crippen LogP contribution >= 0.6 is 0 Å². The van der Waals surface area contributed by atoms with Gasteiger partial charge in [-0.05, 0) is 36.8 Å². The van der Waals surface area contributed by atoms with Crippen molar-refractivity contribution in [1.29, 1.82) is 0 Å². The van der Waals surface area contributed by atoms with Gasteiger partial charge in [0.15, 0.2) is 0 Å². The number of hydrogen-bond donors (Lipinski definition) is 2. The molecule has 2 aromatic heterocycles. The van der Waals surface area contributed by atoms with Gasteiger partial charge in [-0.1, -0.05) is 0 Å². The molecule has 0 unspecified atom stereocenters. The van der Waals surface area contributed by atoms with Crippen molar-refractivity contribution in [3.05, 3.63) is 35.6 Å². The Hall–Kier alpha value is -3.22. The fraction of sp³-hybridized carbons (Fsp3) is 0.176. The molecule has 4 N–H and O–H groups in total. The van der Waals surface area contributed by atoms with Crippen molar-refractivity contribution in [2.75, 3.05) is 25.7 Å². The number of nitrogens with two attached hydrogens (primary N) is 2. The Morgan fingerprint density at radius 3 is 2.67 bits per heavy atom. The highest BCUT2D eigenvalue weighted by atomic mass is 16.5. The molecule has 0 saturated heterocycles. The molecule has 0 aliphatic heterocycles. The molecule has 0 fully saturated rings. The highest BCUT2D eigenvalue weighted by molar-refractivity contribution is 5.97. The normalized spacial score (nSPS) is 11.7. The summed E-state index contributed by atoms with van der Waals surface area (Å²) in [5.74, 6) is 1.84. The molecule has 0 radical (unpaired) electrons. The van der Waals surface area contributed by atoms with Gasteiger partial charge in [0.1, 0.15) is 23.6 Å². The maximum absolute atomic E-state index is 5.95. The predicted molar refractivity (Wildman–Crippen MR) is 93.7 cm³/mol. The van der Waals surface area contributed by atoms with E-state index >= 15 is 0 Å². The van der Waals surface area contributed by atoms with E-state index in [1.807, 2.05) is 31.2 Å².